The molecule has 0 aliphatic heterocycles. The van der Waals surface area contributed by atoms with E-state index in [2.05, 4.69) is 58.4 Å². The Morgan fingerprint density at radius 2 is 2.14 bits per heavy atom. The van der Waals surface area contributed by atoms with E-state index < -0.39 is 0 Å². The highest BCUT2D eigenvalue weighted by Gasteiger charge is 2.18. The summed E-state index contributed by atoms with van der Waals surface area (Å²) in [5.74, 6) is -0.165. The zero-order valence-corrected chi connectivity index (χ0v) is 14.4. The number of benzene rings is 1. The molecule has 0 aliphatic rings. The van der Waals surface area contributed by atoms with E-state index in [0.29, 0.717) is 5.69 Å². The van der Waals surface area contributed by atoms with Crippen LogP contribution in [0, 0.1) is 13.8 Å². The fourth-order valence-corrected chi connectivity index (χ4v) is 2.86. The molecule has 1 atom stereocenters. The van der Waals surface area contributed by atoms with Crippen LogP contribution in [0.5, 0.6) is 0 Å². The lowest BCUT2D eigenvalue weighted by atomic mass is 10.0. The second-order valence-corrected chi connectivity index (χ2v) is 6.09. The predicted molar refractivity (Wildman–Crippen MR) is 87.4 cm³/mol. The van der Waals surface area contributed by atoms with Crippen LogP contribution in [0.3, 0.4) is 0 Å². The van der Waals surface area contributed by atoms with Crippen LogP contribution < -0.4 is 5.32 Å². The van der Waals surface area contributed by atoms with E-state index in [1.807, 2.05) is 20.0 Å². The maximum absolute atomic E-state index is 12.3. The van der Waals surface area contributed by atoms with Crippen molar-refractivity contribution in [2.45, 2.75) is 40.3 Å². The van der Waals surface area contributed by atoms with Gasteiger partial charge in [-0.05, 0) is 54.8 Å². The summed E-state index contributed by atoms with van der Waals surface area (Å²) >= 11 is 3.38. The van der Waals surface area contributed by atoms with Crippen LogP contribution in [0.4, 0.5) is 0 Å². The number of carbonyl (C=O) groups is 1. The first-order chi connectivity index (χ1) is 9.92. The first-order valence-electron chi connectivity index (χ1n) is 7.03. The number of rotatable bonds is 4. The minimum absolute atomic E-state index is 0.0585. The SMILES string of the molecule is CCn1cc(Br)c(C(=O)NC(C)c2ccc(C)cc2C)n1. The van der Waals surface area contributed by atoms with Gasteiger partial charge in [0.1, 0.15) is 0 Å². The van der Waals surface area contributed by atoms with Crippen LogP contribution in [-0.4, -0.2) is 15.7 Å². The summed E-state index contributed by atoms with van der Waals surface area (Å²) < 4.78 is 2.45. The summed E-state index contributed by atoms with van der Waals surface area (Å²) in [6.45, 7) is 8.83. The second-order valence-electron chi connectivity index (χ2n) is 5.24. The monoisotopic (exact) mass is 349 g/mol. The Kier molecular flexibility index (Phi) is 4.83. The van der Waals surface area contributed by atoms with Crippen molar-refractivity contribution >= 4 is 21.8 Å². The van der Waals surface area contributed by atoms with E-state index in [-0.39, 0.29) is 11.9 Å². The van der Waals surface area contributed by atoms with E-state index in [0.717, 1.165) is 16.6 Å². The number of halogens is 1. The van der Waals surface area contributed by atoms with Gasteiger partial charge in [0.05, 0.1) is 10.5 Å². The third-order valence-corrected chi connectivity index (χ3v) is 4.08. The van der Waals surface area contributed by atoms with Gasteiger partial charge in [0.2, 0.25) is 0 Å². The second kappa shape index (κ2) is 6.43. The van der Waals surface area contributed by atoms with Crippen LogP contribution in [0.1, 0.15) is 47.1 Å². The van der Waals surface area contributed by atoms with Gasteiger partial charge in [0.15, 0.2) is 5.69 Å². The molecule has 1 N–H and O–H groups in total. The summed E-state index contributed by atoms with van der Waals surface area (Å²) in [5, 5.41) is 7.28. The van der Waals surface area contributed by atoms with Crippen LogP contribution in [-0.2, 0) is 6.54 Å². The summed E-state index contributed by atoms with van der Waals surface area (Å²) in [4.78, 5) is 12.3. The normalized spacial score (nSPS) is 12.2. The maximum atomic E-state index is 12.3. The quantitative estimate of drug-likeness (QED) is 0.912. The highest BCUT2D eigenvalue weighted by atomic mass is 79.9. The number of amides is 1. The molecule has 0 aliphatic carbocycles. The van der Waals surface area contributed by atoms with E-state index in [1.54, 1.807) is 4.68 Å². The molecule has 0 bridgehead atoms. The molecule has 2 aromatic rings. The van der Waals surface area contributed by atoms with E-state index in [4.69, 9.17) is 0 Å². The molecular weight excluding hydrogens is 330 g/mol. The van der Waals surface area contributed by atoms with E-state index in [9.17, 15) is 4.79 Å². The van der Waals surface area contributed by atoms with Crippen molar-refractivity contribution in [3.05, 3.63) is 51.3 Å². The molecule has 0 saturated heterocycles. The fraction of sp³-hybridized carbons (Fsp3) is 0.375. The van der Waals surface area contributed by atoms with Crippen LogP contribution >= 0.6 is 15.9 Å². The number of aryl methyl sites for hydroxylation is 3. The molecule has 0 radical (unpaired) electrons. The molecule has 0 spiro atoms. The number of aromatic nitrogens is 2. The van der Waals surface area contributed by atoms with E-state index in [1.165, 1.54) is 11.1 Å². The van der Waals surface area contributed by atoms with Gasteiger partial charge in [0.25, 0.3) is 5.91 Å². The Labute approximate surface area is 133 Å². The van der Waals surface area contributed by atoms with Crippen LogP contribution in [0.25, 0.3) is 0 Å². The van der Waals surface area contributed by atoms with Crippen molar-refractivity contribution in [1.29, 1.82) is 0 Å². The van der Waals surface area contributed by atoms with Gasteiger partial charge in [-0.1, -0.05) is 23.8 Å². The highest BCUT2D eigenvalue weighted by molar-refractivity contribution is 9.10. The number of carbonyl (C=O) groups excluding carboxylic acids is 1. The number of hydrogen-bond acceptors (Lipinski definition) is 2. The topological polar surface area (TPSA) is 46.9 Å². The van der Waals surface area contributed by atoms with Crippen molar-refractivity contribution < 1.29 is 4.79 Å². The number of hydrogen-bond donors (Lipinski definition) is 1. The standard InChI is InChI=1S/C16H20BrN3O/c1-5-20-9-14(17)15(19-20)16(21)18-12(4)13-7-6-10(2)8-11(13)3/h6-9,12H,5H2,1-4H3,(H,18,21). The van der Waals surface area contributed by atoms with Crippen molar-refractivity contribution in [2.75, 3.05) is 0 Å². The molecular formula is C16H20BrN3O. The molecule has 1 aromatic heterocycles. The predicted octanol–water partition coefficient (Wildman–Crippen LogP) is 3.77. The Balaban J connectivity index is 2.16. The van der Waals surface area contributed by atoms with Gasteiger partial charge >= 0.3 is 0 Å². The average Bonchev–Trinajstić information content (AvgIpc) is 2.79. The van der Waals surface area contributed by atoms with Gasteiger partial charge in [0, 0.05) is 12.7 Å². The molecule has 21 heavy (non-hydrogen) atoms. The van der Waals surface area contributed by atoms with Crippen molar-refractivity contribution in [3.8, 4) is 0 Å². The molecule has 4 nitrogen and oxygen atoms in total. The van der Waals surface area contributed by atoms with Gasteiger partial charge in [-0.25, -0.2) is 0 Å². The third-order valence-electron chi connectivity index (χ3n) is 3.50. The van der Waals surface area contributed by atoms with Gasteiger partial charge in [-0.15, -0.1) is 0 Å². The summed E-state index contributed by atoms with van der Waals surface area (Å²) in [6, 6.07) is 6.19. The van der Waals surface area contributed by atoms with E-state index >= 15 is 0 Å². The Morgan fingerprint density at radius 1 is 1.43 bits per heavy atom. The summed E-state index contributed by atoms with van der Waals surface area (Å²) in [7, 11) is 0. The highest BCUT2D eigenvalue weighted by Crippen LogP contribution is 2.20. The Hall–Kier alpha value is -1.62. The molecule has 0 fully saturated rings. The van der Waals surface area contributed by atoms with Gasteiger partial charge in [-0.3, -0.25) is 9.48 Å². The fourth-order valence-electron chi connectivity index (χ4n) is 2.37. The average molecular weight is 350 g/mol. The maximum Gasteiger partial charge on any atom is 0.273 e. The largest absolute Gasteiger partial charge is 0.344 e. The van der Waals surface area contributed by atoms with Gasteiger partial charge in [-0.2, -0.15) is 5.10 Å². The first-order valence-corrected chi connectivity index (χ1v) is 7.82. The molecule has 0 saturated carbocycles. The molecule has 112 valence electrons. The lowest BCUT2D eigenvalue weighted by Gasteiger charge is -2.16. The summed E-state index contributed by atoms with van der Waals surface area (Å²) in [5.41, 5.74) is 3.95. The molecule has 1 amide bonds. The molecule has 5 heteroatoms. The Bertz CT molecular complexity index is 664. The first kappa shape index (κ1) is 15.8. The zero-order valence-electron chi connectivity index (χ0n) is 12.8. The van der Waals surface area contributed by atoms with Crippen LogP contribution in [0.2, 0.25) is 0 Å². The lowest BCUT2D eigenvalue weighted by molar-refractivity contribution is 0.0933. The molecule has 2 rings (SSSR count). The minimum atomic E-state index is -0.165. The minimum Gasteiger partial charge on any atom is -0.344 e. The number of nitrogens with one attached hydrogen (secondary N) is 1. The zero-order chi connectivity index (χ0) is 15.6. The molecule has 1 heterocycles. The summed E-state index contributed by atoms with van der Waals surface area (Å²) in [6.07, 6.45) is 1.82. The molecule has 1 unspecified atom stereocenters. The number of nitrogens with zero attached hydrogens (tertiary/aromatic N) is 2. The van der Waals surface area contributed by atoms with Crippen molar-refractivity contribution in [3.63, 3.8) is 0 Å². The third kappa shape index (κ3) is 3.53. The molecule has 1 aromatic carbocycles. The van der Waals surface area contributed by atoms with Crippen molar-refractivity contribution in [2.24, 2.45) is 0 Å². The van der Waals surface area contributed by atoms with Crippen molar-refractivity contribution in [1.82, 2.24) is 15.1 Å². The van der Waals surface area contributed by atoms with Crippen LogP contribution in [0.15, 0.2) is 28.9 Å². The lowest BCUT2D eigenvalue weighted by Crippen LogP contribution is -2.28. The smallest absolute Gasteiger partial charge is 0.273 e. The van der Waals surface area contributed by atoms with Gasteiger partial charge < -0.3 is 5.32 Å². The Morgan fingerprint density at radius 3 is 2.71 bits per heavy atom.